The van der Waals surface area contributed by atoms with E-state index in [1.54, 1.807) is 0 Å². The summed E-state index contributed by atoms with van der Waals surface area (Å²) in [5.41, 5.74) is 2.15. The van der Waals surface area contributed by atoms with Crippen LogP contribution in [0.15, 0.2) is 18.2 Å². The van der Waals surface area contributed by atoms with E-state index in [9.17, 15) is 9.90 Å². The number of hydrogen-bond donors (Lipinski definition) is 1. The molecule has 0 spiro atoms. The van der Waals surface area contributed by atoms with Gasteiger partial charge in [0.1, 0.15) is 5.75 Å². The van der Waals surface area contributed by atoms with Gasteiger partial charge in [0.25, 0.3) is 0 Å². The Bertz CT molecular complexity index is 656. The molecule has 1 aromatic heterocycles. The van der Waals surface area contributed by atoms with Crippen LogP contribution < -0.4 is 4.74 Å². The van der Waals surface area contributed by atoms with Gasteiger partial charge in [0.2, 0.25) is 0 Å². The summed E-state index contributed by atoms with van der Waals surface area (Å²) in [5.74, 6) is 0.304. The number of fused-ring (bicyclic) bond motifs is 1. The highest BCUT2D eigenvalue weighted by atomic mass is 16.5. The van der Waals surface area contributed by atoms with Crippen molar-refractivity contribution < 1.29 is 14.6 Å². The van der Waals surface area contributed by atoms with Gasteiger partial charge in [-0.1, -0.05) is 20.8 Å². The largest absolute Gasteiger partial charge is 0.494 e. The van der Waals surface area contributed by atoms with Gasteiger partial charge >= 0.3 is 5.97 Å². The van der Waals surface area contributed by atoms with Gasteiger partial charge in [-0.15, -0.1) is 0 Å². The summed E-state index contributed by atoms with van der Waals surface area (Å²) < 4.78 is 7.72. The zero-order chi connectivity index (χ0) is 15.6. The van der Waals surface area contributed by atoms with E-state index in [2.05, 4.69) is 18.4 Å². The molecule has 0 saturated carbocycles. The van der Waals surface area contributed by atoms with E-state index in [1.807, 2.05) is 32.0 Å². The zero-order valence-corrected chi connectivity index (χ0v) is 13.1. The highest BCUT2D eigenvalue weighted by Gasteiger charge is 2.20. The Morgan fingerprint density at radius 2 is 2.10 bits per heavy atom. The Morgan fingerprint density at radius 1 is 1.38 bits per heavy atom. The van der Waals surface area contributed by atoms with E-state index < -0.39 is 5.97 Å². The maximum Gasteiger partial charge on any atom is 0.338 e. The summed E-state index contributed by atoms with van der Waals surface area (Å²) in [6.07, 6.45) is 0.928. The van der Waals surface area contributed by atoms with E-state index in [1.165, 1.54) is 0 Å². The second-order valence-corrected chi connectivity index (χ2v) is 5.80. The predicted molar refractivity (Wildman–Crippen MR) is 84.3 cm³/mol. The van der Waals surface area contributed by atoms with E-state index in [-0.39, 0.29) is 0 Å². The lowest BCUT2D eigenvalue weighted by molar-refractivity contribution is 0.0698. The van der Waals surface area contributed by atoms with Crippen molar-refractivity contribution in [2.45, 2.75) is 40.7 Å². The fraction of sp³-hybridized carbons (Fsp3) is 0.471. The molecule has 0 fully saturated rings. The number of carboxylic acid groups (broad SMARTS) is 1. The first-order valence-corrected chi connectivity index (χ1v) is 7.44. The molecule has 1 aromatic carbocycles. The monoisotopic (exact) mass is 289 g/mol. The molecule has 1 heterocycles. The van der Waals surface area contributed by atoms with Crippen molar-refractivity contribution in [2.75, 3.05) is 6.61 Å². The van der Waals surface area contributed by atoms with Crippen LogP contribution in [0.3, 0.4) is 0 Å². The molecular weight excluding hydrogens is 266 g/mol. The van der Waals surface area contributed by atoms with E-state index >= 15 is 0 Å². The SMILES string of the molecule is CCCOc1ccc2c(c1)c(C(=O)O)c(C)n2CC(C)C. The molecule has 0 atom stereocenters. The maximum atomic E-state index is 11.6. The quantitative estimate of drug-likeness (QED) is 0.871. The van der Waals surface area contributed by atoms with E-state index in [0.29, 0.717) is 18.1 Å². The van der Waals surface area contributed by atoms with Crippen LogP contribution in [0.5, 0.6) is 5.75 Å². The number of carboxylic acids is 1. The summed E-state index contributed by atoms with van der Waals surface area (Å²) in [5, 5.41) is 10.3. The van der Waals surface area contributed by atoms with Crippen molar-refractivity contribution in [3.8, 4) is 5.75 Å². The molecule has 2 rings (SSSR count). The lowest BCUT2D eigenvalue weighted by atomic mass is 10.1. The van der Waals surface area contributed by atoms with Crippen molar-refractivity contribution in [3.05, 3.63) is 29.5 Å². The lowest BCUT2D eigenvalue weighted by Crippen LogP contribution is -2.07. The lowest BCUT2D eigenvalue weighted by Gasteiger charge is -2.11. The highest BCUT2D eigenvalue weighted by molar-refractivity contribution is 6.05. The third-order valence-corrected chi connectivity index (χ3v) is 3.53. The molecule has 114 valence electrons. The average Bonchev–Trinajstić information content (AvgIpc) is 2.68. The molecular formula is C17H23NO3. The van der Waals surface area contributed by atoms with Gasteiger partial charge in [-0.2, -0.15) is 0 Å². The number of ether oxygens (including phenoxy) is 1. The van der Waals surface area contributed by atoms with Crippen LogP contribution in [-0.4, -0.2) is 22.2 Å². The number of nitrogens with zero attached hydrogens (tertiary/aromatic N) is 1. The van der Waals surface area contributed by atoms with E-state index in [4.69, 9.17) is 4.74 Å². The van der Waals surface area contributed by atoms with Crippen molar-refractivity contribution in [2.24, 2.45) is 5.92 Å². The Hall–Kier alpha value is -1.97. The van der Waals surface area contributed by atoms with Gasteiger partial charge in [0, 0.05) is 23.1 Å². The van der Waals surface area contributed by atoms with Crippen molar-refractivity contribution >= 4 is 16.9 Å². The maximum absolute atomic E-state index is 11.6. The normalized spacial score (nSPS) is 11.3. The molecule has 4 heteroatoms. The molecule has 0 aliphatic rings. The summed E-state index contributed by atoms with van der Waals surface area (Å²) in [4.78, 5) is 11.6. The Balaban J connectivity index is 2.60. The number of hydrogen-bond acceptors (Lipinski definition) is 2. The molecule has 0 saturated heterocycles. The van der Waals surface area contributed by atoms with Crippen LogP contribution in [0.4, 0.5) is 0 Å². The van der Waals surface area contributed by atoms with Gasteiger partial charge in [0.15, 0.2) is 0 Å². The zero-order valence-electron chi connectivity index (χ0n) is 13.1. The first kappa shape index (κ1) is 15.4. The molecule has 2 aromatic rings. The number of aromatic nitrogens is 1. The molecule has 0 radical (unpaired) electrons. The number of rotatable bonds is 6. The number of aromatic carboxylic acids is 1. The van der Waals surface area contributed by atoms with Gasteiger partial charge < -0.3 is 14.4 Å². The standard InChI is InChI=1S/C17H23NO3/c1-5-8-21-13-6-7-15-14(9-13)16(17(19)20)12(4)18(15)10-11(2)3/h6-7,9,11H,5,8,10H2,1-4H3,(H,19,20). The van der Waals surface area contributed by atoms with Crippen molar-refractivity contribution in [1.82, 2.24) is 4.57 Å². The van der Waals surface area contributed by atoms with Crippen LogP contribution in [0, 0.1) is 12.8 Å². The van der Waals surface area contributed by atoms with Gasteiger partial charge in [-0.3, -0.25) is 0 Å². The molecule has 0 aliphatic heterocycles. The number of carbonyl (C=O) groups is 1. The molecule has 0 aliphatic carbocycles. The minimum Gasteiger partial charge on any atom is -0.494 e. The molecule has 0 unspecified atom stereocenters. The van der Waals surface area contributed by atoms with Gasteiger partial charge in [-0.05, 0) is 37.5 Å². The number of benzene rings is 1. The Kier molecular flexibility index (Phi) is 4.56. The molecule has 0 amide bonds. The fourth-order valence-corrected chi connectivity index (χ4v) is 2.64. The second-order valence-electron chi connectivity index (χ2n) is 5.80. The van der Waals surface area contributed by atoms with Crippen LogP contribution >= 0.6 is 0 Å². The van der Waals surface area contributed by atoms with E-state index in [0.717, 1.165) is 35.3 Å². The smallest absolute Gasteiger partial charge is 0.338 e. The second kappa shape index (κ2) is 6.20. The third-order valence-electron chi connectivity index (χ3n) is 3.53. The Labute approximate surface area is 125 Å². The highest BCUT2D eigenvalue weighted by Crippen LogP contribution is 2.30. The van der Waals surface area contributed by atoms with Gasteiger partial charge in [0.05, 0.1) is 12.2 Å². The first-order valence-electron chi connectivity index (χ1n) is 7.44. The van der Waals surface area contributed by atoms with Crippen LogP contribution in [0.1, 0.15) is 43.2 Å². The third kappa shape index (κ3) is 3.04. The Morgan fingerprint density at radius 3 is 2.67 bits per heavy atom. The van der Waals surface area contributed by atoms with Crippen molar-refractivity contribution in [3.63, 3.8) is 0 Å². The van der Waals surface area contributed by atoms with Crippen molar-refractivity contribution in [1.29, 1.82) is 0 Å². The molecule has 4 nitrogen and oxygen atoms in total. The van der Waals surface area contributed by atoms with Gasteiger partial charge in [-0.25, -0.2) is 4.79 Å². The summed E-state index contributed by atoms with van der Waals surface area (Å²) in [6, 6.07) is 5.72. The van der Waals surface area contributed by atoms with Crippen LogP contribution in [-0.2, 0) is 6.54 Å². The minimum atomic E-state index is -0.882. The molecule has 21 heavy (non-hydrogen) atoms. The summed E-state index contributed by atoms with van der Waals surface area (Å²) in [7, 11) is 0. The van der Waals surface area contributed by atoms with Crippen LogP contribution in [0.25, 0.3) is 10.9 Å². The predicted octanol–water partition coefficient (Wildman–Crippen LogP) is 4.09. The first-order chi connectivity index (χ1) is 9.95. The summed E-state index contributed by atoms with van der Waals surface area (Å²) in [6.45, 7) is 9.63. The fourth-order valence-electron chi connectivity index (χ4n) is 2.64. The molecule has 0 bridgehead atoms. The topological polar surface area (TPSA) is 51.5 Å². The van der Waals surface area contributed by atoms with Crippen LogP contribution in [0.2, 0.25) is 0 Å². The summed E-state index contributed by atoms with van der Waals surface area (Å²) >= 11 is 0. The minimum absolute atomic E-state index is 0.382. The average molecular weight is 289 g/mol. The molecule has 1 N–H and O–H groups in total.